The highest BCUT2D eigenvalue weighted by Crippen LogP contribution is 2.15. The van der Waals surface area contributed by atoms with Crippen LogP contribution in [0.4, 0.5) is 0 Å². The van der Waals surface area contributed by atoms with Crippen LogP contribution in [-0.2, 0) is 4.79 Å². The predicted molar refractivity (Wildman–Crippen MR) is 94.7 cm³/mol. The van der Waals surface area contributed by atoms with E-state index in [2.05, 4.69) is 26.0 Å². The van der Waals surface area contributed by atoms with Crippen molar-refractivity contribution in [2.24, 2.45) is 5.92 Å². The van der Waals surface area contributed by atoms with Crippen LogP contribution in [0, 0.1) is 5.92 Å². The second-order valence-electron chi connectivity index (χ2n) is 6.67. The van der Waals surface area contributed by atoms with Gasteiger partial charge in [0.2, 0.25) is 0 Å². The summed E-state index contributed by atoms with van der Waals surface area (Å²) in [5, 5.41) is 0. The molecule has 0 aliphatic carbocycles. The molecule has 0 aromatic carbocycles. The first-order valence-electron chi connectivity index (χ1n) is 9.31. The van der Waals surface area contributed by atoms with Crippen LogP contribution in [0.1, 0.15) is 104 Å². The monoisotopic (exact) mass is 294 g/mol. The van der Waals surface area contributed by atoms with E-state index in [0.717, 1.165) is 18.8 Å². The van der Waals surface area contributed by atoms with Gasteiger partial charge in [-0.2, -0.15) is 0 Å². The van der Waals surface area contributed by atoms with E-state index >= 15 is 0 Å². The SMILES string of the molecule is CCCCCCC(C)C/C=C/CCCCCCCC(C)=O. The third-order valence-electron chi connectivity index (χ3n) is 4.16. The molecule has 0 heterocycles. The van der Waals surface area contributed by atoms with Crippen molar-refractivity contribution >= 4 is 5.78 Å². The molecule has 0 aliphatic heterocycles. The lowest BCUT2D eigenvalue weighted by atomic mass is 9.99. The summed E-state index contributed by atoms with van der Waals surface area (Å²) in [7, 11) is 0. The Balaban J connectivity index is 3.26. The van der Waals surface area contributed by atoms with Gasteiger partial charge in [-0.3, -0.25) is 0 Å². The van der Waals surface area contributed by atoms with Crippen LogP contribution < -0.4 is 0 Å². The summed E-state index contributed by atoms with van der Waals surface area (Å²) >= 11 is 0. The average Bonchev–Trinajstić information content (AvgIpc) is 2.45. The zero-order valence-electron chi connectivity index (χ0n) is 14.8. The lowest BCUT2D eigenvalue weighted by Crippen LogP contribution is -1.92. The molecule has 0 saturated carbocycles. The molecule has 1 nitrogen and oxygen atoms in total. The maximum absolute atomic E-state index is 10.8. The zero-order chi connectivity index (χ0) is 15.8. The molecule has 0 saturated heterocycles. The van der Waals surface area contributed by atoms with Crippen molar-refractivity contribution in [3.63, 3.8) is 0 Å². The molecule has 0 radical (unpaired) electrons. The van der Waals surface area contributed by atoms with Gasteiger partial charge in [-0.25, -0.2) is 0 Å². The summed E-state index contributed by atoms with van der Waals surface area (Å²) in [6.07, 6.45) is 21.2. The molecular formula is C20H38O. The number of unbranched alkanes of at least 4 members (excludes halogenated alkanes) is 8. The van der Waals surface area contributed by atoms with Gasteiger partial charge in [0.25, 0.3) is 0 Å². The van der Waals surface area contributed by atoms with Crippen LogP contribution in [0.25, 0.3) is 0 Å². The summed E-state index contributed by atoms with van der Waals surface area (Å²) < 4.78 is 0. The molecule has 0 N–H and O–H groups in total. The Bertz CT molecular complexity index is 255. The van der Waals surface area contributed by atoms with Gasteiger partial charge in [0.1, 0.15) is 5.78 Å². The Morgan fingerprint density at radius 3 is 2.29 bits per heavy atom. The van der Waals surface area contributed by atoms with Gasteiger partial charge in [0.05, 0.1) is 0 Å². The van der Waals surface area contributed by atoms with Crippen molar-refractivity contribution in [3.05, 3.63) is 12.2 Å². The molecule has 0 fully saturated rings. The minimum atomic E-state index is 0.335. The minimum Gasteiger partial charge on any atom is -0.300 e. The Kier molecular flexibility index (Phi) is 15.3. The van der Waals surface area contributed by atoms with Gasteiger partial charge in [-0.1, -0.05) is 77.4 Å². The molecule has 1 atom stereocenters. The Morgan fingerprint density at radius 2 is 1.57 bits per heavy atom. The Labute approximate surface area is 133 Å². The third kappa shape index (κ3) is 17.4. The Hall–Kier alpha value is -0.590. The highest BCUT2D eigenvalue weighted by molar-refractivity contribution is 5.75. The van der Waals surface area contributed by atoms with Gasteiger partial charge in [-0.15, -0.1) is 0 Å². The van der Waals surface area contributed by atoms with Gasteiger partial charge in [-0.05, 0) is 38.5 Å². The van der Waals surface area contributed by atoms with Crippen LogP contribution in [-0.4, -0.2) is 5.78 Å². The molecule has 0 amide bonds. The van der Waals surface area contributed by atoms with Gasteiger partial charge >= 0.3 is 0 Å². The molecule has 0 rings (SSSR count). The number of hydrogen-bond donors (Lipinski definition) is 0. The molecule has 0 spiro atoms. The van der Waals surface area contributed by atoms with Gasteiger partial charge in [0, 0.05) is 6.42 Å². The quantitative estimate of drug-likeness (QED) is 0.238. The number of carbonyl (C=O) groups excluding carboxylic acids is 1. The zero-order valence-corrected chi connectivity index (χ0v) is 14.8. The van der Waals surface area contributed by atoms with E-state index in [1.165, 1.54) is 70.6 Å². The number of carbonyl (C=O) groups is 1. The van der Waals surface area contributed by atoms with Crippen molar-refractivity contribution in [2.75, 3.05) is 0 Å². The summed E-state index contributed by atoms with van der Waals surface area (Å²) in [6.45, 7) is 6.34. The molecule has 124 valence electrons. The van der Waals surface area contributed by atoms with E-state index in [1.807, 2.05) is 0 Å². The summed E-state index contributed by atoms with van der Waals surface area (Å²) in [4.78, 5) is 10.8. The topological polar surface area (TPSA) is 17.1 Å². The number of ketones is 1. The highest BCUT2D eigenvalue weighted by atomic mass is 16.1. The van der Waals surface area contributed by atoms with Crippen molar-refractivity contribution in [2.45, 2.75) is 104 Å². The number of allylic oxidation sites excluding steroid dienone is 2. The van der Waals surface area contributed by atoms with E-state index in [1.54, 1.807) is 6.92 Å². The third-order valence-corrected chi connectivity index (χ3v) is 4.16. The fourth-order valence-corrected chi connectivity index (χ4v) is 2.65. The molecule has 1 unspecified atom stereocenters. The van der Waals surface area contributed by atoms with E-state index in [-0.39, 0.29) is 0 Å². The lowest BCUT2D eigenvalue weighted by Gasteiger charge is -2.07. The van der Waals surface area contributed by atoms with Crippen LogP contribution in [0.3, 0.4) is 0 Å². The largest absolute Gasteiger partial charge is 0.300 e. The smallest absolute Gasteiger partial charge is 0.129 e. The standard InChI is InChI=1S/C20H38O/c1-4-5-6-13-16-19(2)17-14-11-9-7-8-10-12-15-18-20(3)21/h11,14,19H,4-10,12-13,15-18H2,1-3H3/b14-11+. The molecule has 1 heteroatoms. The normalized spacial score (nSPS) is 12.9. The molecular weight excluding hydrogens is 256 g/mol. The second kappa shape index (κ2) is 15.8. The maximum atomic E-state index is 10.8. The molecule has 0 aromatic rings. The Morgan fingerprint density at radius 1 is 0.905 bits per heavy atom. The maximum Gasteiger partial charge on any atom is 0.129 e. The highest BCUT2D eigenvalue weighted by Gasteiger charge is 1.99. The first kappa shape index (κ1) is 20.4. The van der Waals surface area contributed by atoms with Crippen LogP contribution in [0.2, 0.25) is 0 Å². The van der Waals surface area contributed by atoms with E-state index < -0.39 is 0 Å². The van der Waals surface area contributed by atoms with E-state index in [4.69, 9.17) is 0 Å². The predicted octanol–water partition coefficient (Wildman–Crippen LogP) is 6.86. The molecule has 0 aliphatic rings. The average molecular weight is 295 g/mol. The lowest BCUT2D eigenvalue weighted by molar-refractivity contribution is -0.117. The van der Waals surface area contributed by atoms with Gasteiger partial charge < -0.3 is 4.79 Å². The van der Waals surface area contributed by atoms with Crippen LogP contribution in [0.15, 0.2) is 12.2 Å². The number of hydrogen-bond acceptors (Lipinski definition) is 1. The van der Waals surface area contributed by atoms with E-state index in [9.17, 15) is 4.79 Å². The first-order chi connectivity index (χ1) is 10.2. The van der Waals surface area contributed by atoms with Crippen LogP contribution in [0.5, 0.6) is 0 Å². The van der Waals surface area contributed by atoms with Crippen molar-refractivity contribution in [1.29, 1.82) is 0 Å². The van der Waals surface area contributed by atoms with Crippen LogP contribution >= 0.6 is 0 Å². The molecule has 0 aromatic heterocycles. The van der Waals surface area contributed by atoms with E-state index in [0.29, 0.717) is 5.78 Å². The second-order valence-corrected chi connectivity index (χ2v) is 6.67. The first-order valence-corrected chi connectivity index (χ1v) is 9.31. The minimum absolute atomic E-state index is 0.335. The summed E-state index contributed by atoms with van der Waals surface area (Å²) in [6, 6.07) is 0. The molecule has 0 bridgehead atoms. The number of Topliss-reactive ketones (excluding diaryl/α,β-unsaturated/α-hetero) is 1. The summed E-state index contributed by atoms with van der Waals surface area (Å²) in [5.41, 5.74) is 0. The summed E-state index contributed by atoms with van der Waals surface area (Å²) in [5.74, 6) is 1.19. The van der Waals surface area contributed by atoms with Crippen molar-refractivity contribution in [1.82, 2.24) is 0 Å². The van der Waals surface area contributed by atoms with Crippen molar-refractivity contribution in [3.8, 4) is 0 Å². The fraction of sp³-hybridized carbons (Fsp3) is 0.850. The van der Waals surface area contributed by atoms with Crippen molar-refractivity contribution < 1.29 is 4.79 Å². The van der Waals surface area contributed by atoms with Gasteiger partial charge in [0.15, 0.2) is 0 Å². The number of rotatable bonds is 15. The molecule has 21 heavy (non-hydrogen) atoms. The fourth-order valence-electron chi connectivity index (χ4n) is 2.65.